The van der Waals surface area contributed by atoms with Crippen LogP contribution in [0.1, 0.15) is 29.5 Å². The van der Waals surface area contributed by atoms with E-state index < -0.39 is 9.84 Å². The Morgan fingerprint density at radius 3 is 2.73 bits per heavy atom. The van der Waals surface area contributed by atoms with Crippen molar-refractivity contribution in [1.82, 2.24) is 4.98 Å². The number of carbonyl (C=O) groups is 1. The van der Waals surface area contributed by atoms with Crippen LogP contribution in [0.5, 0.6) is 17.2 Å². The Labute approximate surface area is 215 Å². The minimum Gasteiger partial charge on any atom is -0.493 e. The number of hydrogen-bond donors (Lipinski definition) is 1. The normalized spacial score (nSPS) is 18.6. The molecular weight excluding hydrogens is 490 g/mol. The van der Waals surface area contributed by atoms with Crippen LogP contribution in [0.2, 0.25) is 0 Å². The summed E-state index contributed by atoms with van der Waals surface area (Å²) in [6.45, 7) is 0.553. The molecule has 37 heavy (non-hydrogen) atoms. The van der Waals surface area contributed by atoms with Crippen molar-refractivity contribution in [3.05, 3.63) is 77.6 Å². The summed E-state index contributed by atoms with van der Waals surface area (Å²) in [4.78, 5) is 21.0. The SMILES string of the molecule is CS(=O)(=O)c1ccc(C2=CN=C(C3COc4ccc(Oc5ccnc6c5CCC(=O)N6)cc4C3)C2)cc1. The zero-order chi connectivity index (χ0) is 25.6. The van der Waals surface area contributed by atoms with Gasteiger partial charge in [-0.25, -0.2) is 13.4 Å². The van der Waals surface area contributed by atoms with Gasteiger partial charge in [-0.3, -0.25) is 9.79 Å². The standard InChI is InChI=1S/C28H25N3O5S/c1-37(33,34)22-5-2-17(3-6-22)19-14-24(30-15-19)20-12-18-13-21(4-8-25(18)35-16-20)36-26-10-11-29-28-23(26)7-9-27(32)31-28/h2-6,8,10-11,13,15,20H,7,9,12,14,16H2,1H3,(H,29,31,32). The molecule has 2 aromatic carbocycles. The number of amides is 1. The molecule has 8 nitrogen and oxygen atoms in total. The summed E-state index contributed by atoms with van der Waals surface area (Å²) < 4.78 is 35.8. The number of benzene rings is 2. The number of carbonyl (C=O) groups excluding carboxylic acids is 1. The number of fused-ring (bicyclic) bond motifs is 2. The quantitative estimate of drug-likeness (QED) is 0.532. The molecule has 0 saturated carbocycles. The third-order valence-electron chi connectivity index (χ3n) is 6.92. The fourth-order valence-corrected chi connectivity index (χ4v) is 5.55. The fourth-order valence-electron chi connectivity index (χ4n) is 4.92. The smallest absolute Gasteiger partial charge is 0.225 e. The van der Waals surface area contributed by atoms with E-state index in [4.69, 9.17) is 9.47 Å². The summed E-state index contributed by atoms with van der Waals surface area (Å²) >= 11 is 0. The van der Waals surface area contributed by atoms with Gasteiger partial charge in [0.15, 0.2) is 9.84 Å². The average molecular weight is 516 g/mol. The third kappa shape index (κ3) is 4.74. The maximum atomic E-state index is 11.7. The van der Waals surface area contributed by atoms with E-state index in [9.17, 15) is 13.2 Å². The maximum absolute atomic E-state index is 11.7. The summed E-state index contributed by atoms with van der Waals surface area (Å²) in [5, 5.41) is 2.80. The lowest BCUT2D eigenvalue weighted by atomic mass is 9.89. The van der Waals surface area contributed by atoms with Crippen molar-refractivity contribution in [2.75, 3.05) is 18.2 Å². The molecule has 3 aromatic rings. The number of anilines is 1. The molecule has 0 aliphatic carbocycles. The number of ether oxygens (including phenoxy) is 2. The molecule has 1 atom stereocenters. The van der Waals surface area contributed by atoms with E-state index in [1.165, 1.54) is 6.26 Å². The highest BCUT2D eigenvalue weighted by Crippen LogP contribution is 2.37. The second-order valence-corrected chi connectivity index (χ2v) is 11.5. The number of rotatable bonds is 5. The van der Waals surface area contributed by atoms with Crippen molar-refractivity contribution in [3.8, 4) is 17.2 Å². The molecule has 0 radical (unpaired) electrons. The van der Waals surface area contributed by atoms with Crippen LogP contribution in [-0.4, -0.2) is 37.9 Å². The van der Waals surface area contributed by atoms with Gasteiger partial charge in [0.2, 0.25) is 5.91 Å². The van der Waals surface area contributed by atoms with E-state index in [2.05, 4.69) is 15.3 Å². The van der Waals surface area contributed by atoms with Gasteiger partial charge >= 0.3 is 0 Å². The Balaban J connectivity index is 1.15. The molecule has 188 valence electrons. The predicted octanol–water partition coefficient (Wildman–Crippen LogP) is 4.60. The van der Waals surface area contributed by atoms with E-state index in [1.807, 2.05) is 42.6 Å². The highest BCUT2D eigenvalue weighted by molar-refractivity contribution is 7.90. The van der Waals surface area contributed by atoms with Crippen LogP contribution in [0.4, 0.5) is 5.82 Å². The molecule has 0 saturated heterocycles. The number of hydrogen-bond acceptors (Lipinski definition) is 7. The van der Waals surface area contributed by atoms with Gasteiger partial charge in [0.25, 0.3) is 0 Å². The molecule has 3 aliphatic rings. The van der Waals surface area contributed by atoms with Gasteiger partial charge in [0.05, 0.1) is 11.5 Å². The highest BCUT2D eigenvalue weighted by Gasteiger charge is 2.28. The molecule has 1 amide bonds. The first-order valence-electron chi connectivity index (χ1n) is 12.1. The number of sulfone groups is 1. The lowest BCUT2D eigenvalue weighted by Gasteiger charge is -2.26. The first kappa shape index (κ1) is 23.4. The molecule has 1 N–H and O–H groups in total. The first-order valence-corrected chi connectivity index (χ1v) is 14.0. The van der Waals surface area contributed by atoms with Gasteiger partial charge in [0.1, 0.15) is 23.1 Å². The molecule has 6 rings (SSSR count). The van der Waals surface area contributed by atoms with Gasteiger partial charge in [-0.1, -0.05) is 12.1 Å². The van der Waals surface area contributed by atoms with Gasteiger partial charge in [-0.15, -0.1) is 0 Å². The van der Waals surface area contributed by atoms with Crippen molar-refractivity contribution in [2.24, 2.45) is 10.9 Å². The number of nitrogens with one attached hydrogen (secondary N) is 1. The largest absolute Gasteiger partial charge is 0.493 e. The van der Waals surface area contributed by atoms with E-state index >= 15 is 0 Å². The molecular formula is C28H25N3O5S. The first-order chi connectivity index (χ1) is 17.8. The minimum atomic E-state index is -3.22. The summed E-state index contributed by atoms with van der Waals surface area (Å²) in [7, 11) is -3.22. The average Bonchev–Trinajstić information content (AvgIpc) is 3.38. The van der Waals surface area contributed by atoms with Crippen LogP contribution in [0.25, 0.3) is 5.57 Å². The topological polar surface area (TPSA) is 107 Å². The molecule has 1 unspecified atom stereocenters. The monoisotopic (exact) mass is 515 g/mol. The van der Waals surface area contributed by atoms with Gasteiger partial charge in [0, 0.05) is 48.7 Å². The van der Waals surface area contributed by atoms with Gasteiger partial charge < -0.3 is 14.8 Å². The van der Waals surface area contributed by atoms with Crippen molar-refractivity contribution in [1.29, 1.82) is 0 Å². The number of pyridine rings is 1. The fraction of sp³-hybridized carbons (Fsp3) is 0.250. The predicted molar refractivity (Wildman–Crippen MR) is 140 cm³/mol. The Kier molecular flexibility index (Phi) is 5.79. The van der Waals surface area contributed by atoms with Crippen LogP contribution in [0, 0.1) is 5.92 Å². The van der Waals surface area contributed by atoms with E-state index in [0.717, 1.165) is 40.1 Å². The Hall–Kier alpha value is -3.98. The molecule has 0 bridgehead atoms. The zero-order valence-corrected chi connectivity index (χ0v) is 21.0. The summed E-state index contributed by atoms with van der Waals surface area (Å²) in [6, 6.07) is 14.6. The lowest BCUT2D eigenvalue weighted by Crippen LogP contribution is -2.27. The molecule has 0 fully saturated rings. The van der Waals surface area contributed by atoms with Crippen molar-refractivity contribution < 1.29 is 22.7 Å². The second kappa shape index (κ2) is 9.15. The van der Waals surface area contributed by atoms with E-state index in [1.54, 1.807) is 18.3 Å². The van der Waals surface area contributed by atoms with Crippen LogP contribution >= 0.6 is 0 Å². The second-order valence-electron chi connectivity index (χ2n) is 9.52. The van der Waals surface area contributed by atoms with E-state index in [0.29, 0.717) is 48.1 Å². The minimum absolute atomic E-state index is 0.0347. The van der Waals surface area contributed by atoms with Crippen LogP contribution < -0.4 is 14.8 Å². The van der Waals surface area contributed by atoms with Crippen molar-refractivity contribution in [3.63, 3.8) is 0 Å². The number of aliphatic imine (C=N–C) groups is 1. The number of aromatic nitrogens is 1. The zero-order valence-electron chi connectivity index (χ0n) is 20.2. The number of allylic oxidation sites excluding steroid dienone is 1. The Morgan fingerprint density at radius 2 is 1.92 bits per heavy atom. The highest BCUT2D eigenvalue weighted by atomic mass is 32.2. The summed E-state index contributed by atoms with van der Waals surface area (Å²) in [5.74, 6) is 2.89. The van der Waals surface area contributed by atoms with Crippen molar-refractivity contribution >= 4 is 32.8 Å². The lowest BCUT2D eigenvalue weighted by molar-refractivity contribution is -0.116. The van der Waals surface area contributed by atoms with Crippen LogP contribution in [0.15, 0.2) is 70.8 Å². The molecule has 0 spiro atoms. The Bertz CT molecular complexity index is 1580. The van der Waals surface area contributed by atoms with Crippen molar-refractivity contribution in [2.45, 2.75) is 30.6 Å². The summed E-state index contributed by atoms with van der Waals surface area (Å²) in [5.41, 5.74) is 5.04. The maximum Gasteiger partial charge on any atom is 0.225 e. The van der Waals surface area contributed by atoms with Crippen LogP contribution in [-0.2, 0) is 27.5 Å². The number of nitrogens with zero attached hydrogens (tertiary/aromatic N) is 2. The molecule has 4 heterocycles. The van der Waals surface area contributed by atoms with Gasteiger partial charge in [-0.05, 0) is 65.9 Å². The Morgan fingerprint density at radius 1 is 1.08 bits per heavy atom. The third-order valence-corrected chi connectivity index (χ3v) is 8.05. The summed E-state index contributed by atoms with van der Waals surface area (Å²) in [6.07, 6.45) is 7.19. The molecule has 9 heteroatoms. The molecule has 1 aromatic heterocycles. The van der Waals surface area contributed by atoms with E-state index in [-0.39, 0.29) is 11.8 Å². The van der Waals surface area contributed by atoms with Crippen LogP contribution in [0.3, 0.4) is 0 Å². The molecule has 3 aliphatic heterocycles. The van der Waals surface area contributed by atoms with Gasteiger partial charge in [-0.2, -0.15) is 0 Å².